The van der Waals surface area contributed by atoms with Crippen LogP contribution in [0.2, 0.25) is 0 Å². The van der Waals surface area contributed by atoms with E-state index in [0.717, 1.165) is 25.0 Å². The highest BCUT2D eigenvalue weighted by Gasteiger charge is 2.26. The summed E-state index contributed by atoms with van der Waals surface area (Å²) in [6.07, 6.45) is 2.41. The molecule has 0 radical (unpaired) electrons. The first-order valence-electron chi connectivity index (χ1n) is 8.40. The topological polar surface area (TPSA) is 88.3 Å². The van der Waals surface area contributed by atoms with Gasteiger partial charge in [-0.3, -0.25) is 9.59 Å². The van der Waals surface area contributed by atoms with Gasteiger partial charge in [0.05, 0.1) is 16.9 Å². The van der Waals surface area contributed by atoms with Crippen LogP contribution in [0.15, 0.2) is 9.93 Å². The summed E-state index contributed by atoms with van der Waals surface area (Å²) in [5, 5.41) is 3.07. The lowest BCUT2D eigenvalue weighted by Gasteiger charge is -2.20. The molecule has 8 heteroatoms. The van der Waals surface area contributed by atoms with Crippen LogP contribution in [0.1, 0.15) is 56.8 Å². The van der Waals surface area contributed by atoms with E-state index >= 15 is 0 Å². The van der Waals surface area contributed by atoms with Gasteiger partial charge in [-0.15, -0.1) is 11.3 Å². The van der Waals surface area contributed by atoms with Crippen molar-refractivity contribution >= 4 is 23.2 Å². The van der Waals surface area contributed by atoms with Gasteiger partial charge in [-0.25, -0.2) is 9.97 Å². The number of nitrogens with one attached hydrogen (secondary N) is 1. The van der Waals surface area contributed by atoms with Gasteiger partial charge >= 0.3 is 0 Å². The first-order chi connectivity index (χ1) is 12.0. The molecule has 1 aliphatic rings. The standard InChI is InChI=1S/C17H22N4O3S/c1-10-14(24-12(3)19-10)17(23)21-7-4-5-13(6-8-21)20-16(22)15-11(2)18-9-25-15/h9,13H,4-8H2,1-3H3,(H,20,22)/t13-/m0/s1. The van der Waals surface area contributed by atoms with Gasteiger partial charge in [0.2, 0.25) is 5.76 Å². The summed E-state index contributed by atoms with van der Waals surface area (Å²) in [6, 6.07) is 0.0596. The van der Waals surface area contributed by atoms with Gasteiger partial charge in [0, 0.05) is 26.1 Å². The van der Waals surface area contributed by atoms with E-state index in [-0.39, 0.29) is 17.9 Å². The molecule has 2 aromatic rings. The molecule has 25 heavy (non-hydrogen) atoms. The molecular weight excluding hydrogens is 340 g/mol. The van der Waals surface area contributed by atoms with Gasteiger partial charge in [0.15, 0.2) is 5.89 Å². The van der Waals surface area contributed by atoms with Crippen LogP contribution in [0, 0.1) is 20.8 Å². The van der Waals surface area contributed by atoms with Crippen molar-refractivity contribution in [3.63, 3.8) is 0 Å². The van der Waals surface area contributed by atoms with Gasteiger partial charge in [-0.2, -0.15) is 0 Å². The van der Waals surface area contributed by atoms with Crippen LogP contribution in [0.25, 0.3) is 0 Å². The van der Waals surface area contributed by atoms with E-state index in [1.807, 2.05) is 6.92 Å². The van der Waals surface area contributed by atoms with E-state index < -0.39 is 0 Å². The Bertz CT molecular complexity index is 783. The normalized spacial score (nSPS) is 18.0. The number of rotatable bonds is 3. The first kappa shape index (κ1) is 17.6. The number of carbonyl (C=O) groups excluding carboxylic acids is 2. The molecule has 3 heterocycles. The number of amides is 2. The fraction of sp³-hybridized carbons (Fsp3) is 0.529. The van der Waals surface area contributed by atoms with Crippen molar-refractivity contribution < 1.29 is 14.0 Å². The molecule has 0 saturated carbocycles. The summed E-state index contributed by atoms with van der Waals surface area (Å²) in [6.45, 7) is 6.59. The Morgan fingerprint density at radius 3 is 2.68 bits per heavy atom. The minimum atomic E-state index is -0.122. The van der Waals surface area contributed by atoms with Gasteiger partial charge in [-0.1, -0.05) is 0 Å². The second-order valence-corrected chi connectivity index (χ2v) is 7.16. The quantitative estimate of drug-likeness (QED) is 0.906. The Labute approximate surface area is 150 Å². The number of hydrogen-bond donors (Lipinski definition) is 1. The van der Waals surface area contributed by atoms with Crippen molar-refractivity contribution in [1.29, 1.82) is 0 Å². The van der Waals surface area contributed by atoms with E-state index in [1.54, 1.807) is 24.3 Å². The summed E-state index contributed by atoms with van der Waals surface area (Å²) in [4.78, 5) is 35.7. The Morgan fingerprint density at radius 2 is 2.04 bits per heavy atom. The van der Waals surface area contributed by atoms with E-state index in [9.17, 15) is 9.59 Å². The molecule has 134 valence electrons. The number of hydrogen-bond acceptors (Lipinski definition) is 6. The highest BCUT2D eigenvalue weighted by atomic mass is 32.1. The molecule has 1 aliphatic heterocycles. The number of aryl methyl sites for hydroxylation is 3. The van der Waals surface area contributed by atoms with E-state index in [4.69, 9.17) is 4.42 Å². The number of carbonyl (C=O) groups is 2. The molecule has 3 rings (SSSR count). The van der Waals surface area contributed by atoms with Crippen LogP contribution in [-0.2, 0) is 0 Å². The summed E-state index contributed by atoms with van der Waals surface area (Å²) >= 11 is 1.35. The second-order valence-electron chi connectivity index (χ2n) is 6.31. The molecule has 1 N–H and O–H groups in total. The molecule has 0 aromatic carbocycles. The Hall–Kier alpha value is -2.22. The van der Waals surface area contributed by atoms with Crippen molar-refractivity contribution in [2.45, 2.75) is 46.1 Å². The highest BCUT2D eigenvalue weighted by Crippen LogP contribution is 2.18. The molecular formula is C17H22N4O3S. The number of oxazole rings is 1. The lowest BCUT2D eigenvalue weighted by molar-refractivity contribution is 0.0726. The van der Waals surface area contributed by atoms with Crippen LogP contribution in [-0.4, -0.2) is 45.8 Å². The van der Waals surface area contributed by atoms with Gasteiger partial charge < -0.3 is 14.6 Å². The third-order valence-corrected chi connectivity index (χ3v) is 5.33. The number of nitrogens with zero attached hydrogens (tertiary/aromatic N) is 3. The predicted molar refractivity (Wildman–Crippen MR) is 93.8 cm³/mol. The van der Waals surface area contributed by atoms with Crippen molar-refractivity contribution in [2.75, 3.05) is 13.1 Å². The maximum Gasteiger partial charge on any atom is 0.291 e. The van der Waals surface area contributed by atoms with Crippen molar-refractivity contribution in [2.24, 2.45) is 0 Å². The zero-order chi connectivity index (χ0) is 18.0. The van der Waals surface area contributed by atoms with Crippen LogP contribution in [0.5, 0.6) is 0 Å². The Balaban J connectivity index is 1.61. The molecule has 0 unspecified atom stereocenters. The summed E-state index contributed by atoms with van der Waals surface area (Å²) in [5.74, 6) is 0.621. The molecule has 0 spiro atoms. The third kappa shape index (κ3) is 3.89. The average Bonchev–Trinajstić information content (AvgIpc) is 3.05. The zero-order valence-electron chi connectivity index (χ0n) is 14.7. The van der Waals surface area contributed by atoms with Crippen molar-refractivity contribution in [3.05, 3.63) is 33.4 Å². The fourth-order valence-electron chi connectivity index (χ4n) is 3.09. The Kier molecular flexibility index (Phi) is 5.17. The second kappa shape index (κ2) is 7.35. The lowest BCUT2D eigenvalue weighted by atomic mass is 10.1. The van der Waals surface area contributed by atoms with Crippen LogP contribution in [0.3, 0.4) is 0 Å². The third-order valence-electron chi connectivity index (χ3n) is 4.40. The zero-order valence-corrected chi connectivity index (χ0v) is 15.5. The maximum absolute atomic E-state index is 12.6. The average molecular weight is 362 g/mol. The SMILES string of the molecule is Cc1nc(C)c(C(=O)N2CCC[C@H](NC(=O)c3scnc3C)CC2)o1. The number of thiazole rings is 1. The van der Waals surface area contributed by atoms with E-state index in [2.05, 4.69) is 15.3 Å². The number of likely N-dealkylation sites (tertiary alicyclic amines) is 1. The van der Waals surface area contributed by atoms with E-state index in [1.165, 1.54) is 11.3 Å². The predicted octanol–water partition coefficient (Wildman–Crippen LogP) is 2.48. The molecule has 1 atom stereocenters. The summed E-state index contributed by atoms with van der Waals surface area (Å²) in [5.41, 5.74) is 3.06. The van der Waals surface area contributed by atoms with Gasteiger partial charge in [-0.05, 0) is 33.1 Å². The number of aromatic nitrogens is 2. The highest BCUT2D eigenvalue weighted by molar-refractivity contribution is 7.11. The minimum absolute atomic E-state index is 0.0596. The molecule has 7 nitrogen and oxygen atoms in total. The summed E-state index contributed by atoms with van der Waals surface area (Å²) < 4.78 is 5.45. The molecule has 1 fully saturated rings. The fourth-order valence-corrected chi connectivity index (χ4v) is 3.79. The molecule has 1 saturated heterocycles. The van der Waals surface area contributed by atoms with Crippen LogP contribution >= 0.6 is 11.3 Å². The van der Waals surface area contributed by atoms with Gasteiger partial charge in [0.1, 0.15) is 4.88 Å². The van der Waals surface area contributed by atoms with Crippen LogP contribution < -0.4 is 5.32 Å². The largest absolute Gasteiger partial charge is 0.436 e. The molecule has 0 bridgehead atoms. The first-order valence-corrected chi connectivity index (χ1v) is 9.28. The molecule has 2 amide bonds. The smallest absolute Gasteiger partial charge is 0.291 e. The molecule has 2 aromatic heterocycles. The lowest BCUT2D eigenvalue weighted by Crippen LogP contribution is -2.36. The maximum atomic E-state index is 12.6. The monoisotopic (exact) mass is 362 g/mol. The van der Waals surface area contributed by atoms with Crippen LogP contribution in [0.4, 0.5) is 0 Å². The Morgan fingerprint density at radius 1 is 1.24 bits per heavy atom. The summed E-state index contributed by atoms with van der Waals surface area (Å²) in [7, 11) is 0. The van der Waals surface area contributed by atoms with E-state index in [0.29, 0.717) is 35.3 Å². The van der Waals surface area contributed by atoms with Crippen molar-refractivity contribution in [1.82, 2.24) is 20.2 Å². The molecule has 0 aliphatic carbocycles. The van der Waals surface area contributed by atoms with Crippen molar-refractivity contribution in [3.8, 4) is 0 Å². The van der Waals surface area contributed by atoms with Gasteiger partial charge in [0.25, 0.3) is 11.8 Å². The minimum Gasteiger partial charge on any atom is -0.436 e.